The van der Waals surface area contributed by atoms with E-state index in [1.54, 1.807) is 60.6 Å². The fourth-order valence-corrected chi connectivity index (χ4v) is 6.79. The molecule has 212 valence electrons. The molecule has 10 heteroatoms. The number of β-lactam (4-membered cyclic amide) rings is 1. The van der Waals surface area contributed by atoms with Gasteiger partial charge in [0.1, 0.15) is 22.8 Å². The van der Waals surface area contributed by atoms with E-state index < -0.39 is 31.6 Å². The first-order valence-electron chi connectivity index (χ1n) is 13.1. The van der Waals surface area contributed by atoms with Crippen LogP contribution in [0.3, 0.4) is 0 Å². The molecule has 1 fully saturated rings. The average Bonchev–Trinajstić information content (AvgIpc) is 2.68. The molecule has 3 amide bonds. The zero-order chi connectivity index (χ0) is 29.4. The highest BCUT2D eigenvalue weighted by Gasteiger charge is 2.57. The van der Waals surface area contributed by atoms with E-state index in [1.165, 1.54) is 6.20 Å². The summed E-state index contributed by atoms with van der Waals surface area (Å²) in [5.74, 6) is -0.257. The second kappa shape index (κ2) is 10.8. The van der Waals surface area contributed by atoms with Crippen LogP contribution in [-0.4, -0.2) is 58.9 Å². The van der Waals surface area contributed by atoms with E-state index in [9.17, 15) is 19.2 Å². The Balaban J connectivity index is 2.41. The third kappa shape index (κ3) is 7.42. The van der Waals surface area contributed by atoms with Crippen LogP contribution in [0.15, 0.2) is 18.3 Å². The maximum Gasteiger partial charge on any atom is 0.425 e. The van der Waals surface area contributed by atoms with Gasteiger partial charge in [0.2, 0.25) is 5.91 Å². The van der Waals surface area contributed by atoms with Crippen molar-refractivity contribution in [2.75, 3.05) is 4.90 Å². The number of imide groups is 1. The van der Waals surface area contributed by atoms with E-state index in [4.69, 9.17) is 9.47 Å². The minimum absolute atomic E-state index is 0.0349. The number of pyridine rings is 1. The smallest absolute Gasteiger partial charge is 0.425 e. The molecule has 0 spiro atoms. The van der Waals surface area contributed by atoms with Crippen LogP contribution >= 0.6 is 0 Å². The molecule has 0 N–H and O–H groups in total. The number of aromatic nitrogens is 1. The maximum atomic E-state index is 13.5. The highest BCUT2D eigenvalue weighted by atomic mass is 28.3. The van der Waals surface area contributed by atoms with Crippen molar-refractivity contribution in [1.82, 2.24) is 9.55 Å². The third-order valence-electron chi connectivity index (χ3n) is 6.93. The van der Waals surface area contributed by atoms with E-state index in [0.29, 0.717) is 18.4 Å². The summed E-state index contributed by atoms with van der Waals surface area (Å²) in [6.07, 6.45) is 0.321. The van der Waals surface area contributed by atoms with Crippen LogP contribution < -0.4 is 4.90 Å². The van der Waals surface area contributed by atoms with Crippen molar-refractivity contribution in [1.29, 1.82) is 0 Å². The van der Waals surface area contributed by atoms with E-state index in [2.05, 4.69) is 38.8 Å². The Morgan fingerprint density at radius 2 is 1.47 bits per heavy atom. The summed E-state index contributed by atoms with van der Waals surface area (Å²) < 4.78 is 12.9. The second-order valence-corrected chi connectivity index (χ2v) is 18.7. The van der Waals surface area contributed by atoms with Gasteiger partial charge in [-0.25, -0.2) is 14.6 Å². The van der Waals surface area contributed by atoms with Gasteiger partial charge in [-0.3, -0.25) is 9.59 Å². The highest BCUT2D eigenvalue weighted by Crippen LogP contribution is 2.46. The summed E-state index contributed by atoms with van der Waals surface area (Å²) in [4.78, 5) is 56.7. The van der Waals surface area contributed by atoms with Crippen LogP contribution in [0.25, 0.3) is 0 Å². The molecule has 1 aromatic heterocycles. The summed E-state index contributed by atoms with van der Waals surface area (Å²) in [6, 6.07) is 3.16. The minimum atomic E-state index is -2.19. The van der Waals surface area contributed by atoms with Crippen molar-refractivity contribution < 1.29 is 28.7 Å². The first kappa shape index (κ1) is 31.5. The lowest BCUT2D eigenvalue weighted by Crippen LogP contribution is -2.73. The lowest BCUT2D eigenvalue weighted by Gasteiger charge is -2.58. The number of carbonyl (C=O) groups excluding carboxylic acids is 4. The topological polar surface area (TPSA) is 106 Å². The summed E-state index contributed by atoms with van der Waals surface area (Å²) in [5, 5.41) is -0.0617. The molecule has 0 saturated carbocycles. The van der Waals surface area contributed by atoms with Crippen LogP contribution in [-0.2, 0) is 25.5 Å². The number of amides is 3. The molecule has 0 aromatic carbocycles. The molecular formula is C28H45N3O6Si. The molecule has 2 atom stereocenters. The van der Waals surface area contributed by atoms with Gasteiger partial charge in [-0.1, -0.05) is 33.9 Å². The van der Waals surface area contributed by atoms with Crippen molar-refractivity contribution >= 4 is 37.9 Å². The van der Waals surface area contributed by atoms with Crippen LogP contribution in [0.5, 0.6) is 0 Å². The van der Waals surface area contributed by atoms with E-state index >= 15 is 0 Å². The number of Topliss-reactive ketones (excluding diaryl/α,β-unsaturated/α-hetero) is 1. The molecular weight excluding hydrogens is 502 g/mol. The molecule has 1 aromatic rings. The molecule has 0 unspecified atom stereocenters. The number of nitrogens with zero attached hydrogens (tertiary/aromatic N) is 3. The molecule has 1 aliphatic heterocycles. The minimum Gasteiger partial charge on any atom is -0.443 e. The Bertz CT molecular complexity index is 1050. The zero-order valence-corrected chi connectivity index (χ0v) is 26.1. The van der Waals surface area contributed by atoms with Crippen LogP contribution in [0.2, 0.25) is 18.1 Å². The number of anilines is 1. The lowest BCUT2D eigenvalue weighted by molar-refractivity contribution is -0.149. The number of carbonyl (C=O) groups is 4. The van der Waals surface area contributed by atoms with Gasteiger partial charge in [-0.15, -0.1) is 0 Å². The monoisotopic (exact) mass is 547 g/mol. The maximum absolute atomic E-state index is 13.5. The van der Waals surface area contributed by atoms with Crippen molar-refractivity contribution in [3.05, 3.63) is 23.9 Å². The highest BCUT2D eigenvalue weighted by molar-refractivity contribution is 6.80. The molecule has 1 aliphatic rings. The van der Waals surface area contributed by atoms with Crippen LogP contribution in [0, 0.1) is 5.92 Å². The molecule has 0 radical (unpaired) electrons. The summed E-state index contributed by atoms with van der Waals surface area (Å²) in [6.45, 7) is 22.5. The van der Waals surface area contributed by atoms with Gasteiger partial charge < -0.3 is 14.0 Å². The third-order valence-corrected chi connectivity index (χ3v) is 12.4. The Morgan fingerprint density at radius 1 is 0.974 bits per heavy atom. The molecule has 38 heavy (non-hydrogen) atoms. The number of hydrogen-bond acceptors (Lipinski definition) is 7. The predicted octanol–water partition coefficient (Wildman–Crippen LogP) is 6.11. The summed E-state index contributed by atoms with van der Waals surface area (Å²) in [5.41, 5.74) is -0.977. The average molecular weight is 548 g/mol. The Kier molecular flexibility index (Phi) is 8.93. The van der Waals surface area contributed by atoms with Crippen molar-refractivity contribution in [3.63, 3.8) is 0 Å². The van der Waals surface area contributed by atoms with Crippen molar-refractivity contribution in [2.24, 2.45) is 5.92 Å². The number of hydrogen-bond donors (Lipinski definition) is 0. The second-order valence-electron chi connectivity index (χ2n) is 13.6. The normalized spacial score (nSPS) is 18.5. The van der Waals surface area contributed by atoms with E-state index in [-0.39, 0.29) is 34.5 Å². The van der Waals surface area contributed by atoms with Crippen LogP contribution in [0.4, 0.5) is 15.4 Å². The standard InChI is InChI=1S/C28H45N3O6Si/c1-18(32)15-21-20(23(33)31(21)38(11,12)28(8,9)10)16-19-13-14-29-22(17-19)30(24(34)36-26(2,3)4)25(35)37-27(5,6)7/h13-14,17,20-21H,15-16H2,1-12H3/t20-,21-/m1/s1. The van der Waals surface area contributed by atoms with Gasteiger partial charge in [0.25, 0.3) is 0 Å². The largest absolute Gasteiger partial charge is 0.443 e. The Labute approximate surface area is 228 Å². The molecule has 2 rings (SSSR count). The fraction of sp³-hybridized carbons (Fsp3) is 0.679. The number of ether oxygens (including phenoxy) is 2. The molecule has 0 aliphatic carbocycles. The molecule has 0 bridgehead atoms. The lowest BCUT2D eigenvalue weighted by atomic mass is 9.82. The Morgan fingerprint density at radius 3 is 1.89 bits per heavy atom. The Hall–Kier alpha value is -2.75. The van der Waals surface area contributed by atoms with Gasteiger partial charge in [0.15, 0.2) is 8.24 Å². The van der Waals surface area contributed by atoms with Crippen LogP contribution in [0.1, 0.15) is 81.2 Å². The number of ketones is 1. The number of rotatable bonds is 6. The van der Waals surface area contributed by atoms with Gasteiger partial charge in [-0.05, 0) is 77.6 Å². The van der Waals surface area contributed by atoms with Crippen molar-refractivity contribution in [3.8, 4) is 0 Å². The van der Waals surface area contributed by atoms with Gasteiger partial charge >= 0.3 is 12.2 Å². The summed E-state index contributed by atoms with van der Waals surface area (Å²) in [7, 11) is -2.19. The first-order chi connectivity index (χ1) is 17.0. The van der Waals surface area contributed by atoms with E-state index in [0.717, 1.165) is 4.90 Å². The van der Waals surface area contributed by atoms with Gasteiger partial charge in [0, 0.05) is 18.7 Å². The molecule has 1 saturated heterocycles. The predicted molar refractivity (Wildman–Crippen MR) is 150 cm³/mol. The molecule has 2 heterocycles. The van der Waals surface area contributed by atoms with Crippen molar-refractivity contribution in [2.45, 2.75) is 117 Å². The fourth-order valence-electron chi connectivity index (χ4n) is 4.25. The van der Waals surface area contributed by atoms with Gasteiger partial charge in [-0.2, -0.15) is 4.90 Å². The quantitative estimate of drug-likeness (QED) is 0.312. The van der Waals surface area contributed by atoms with Gasteiger partial charge in [0.05, 0.1) is 5.92 Å². The first-order valence-corrected chi connectivity index (χ1v) is 16.0. The zero-order valence-electron chi connectivity index (χ0n) is 25.1. The molecule has 9 nitrogen and oxygen atoms in total. The SMILES string of the molecule is CC(=O)C[C@@H]1[C@@H](Cc2ccnc(N(C(=O)OC(C)(C)C)C(=O)OC(C)(C)C)c2)C(=O)N1[Si](C)(C)C(C)(C)C. The summed E-state index contributed by atoms with van der Waals surface area (Å²) >= 11 is 0. The van der Waals surface area contributed by atoms with E-state index in [1.807, 2.05) is 4.57 Å².